The molecule has 0 saturated heterocycles. The van der Waals surface area contributed by atoms with Crippen molar-refractivity contribution in [1.82, 2.24) is 5.32 Å². The van der Waals surface area contributed by atoms with E-state index in [1.54, 1.807) is 11.8 Å². The molecule has 0 aliphatic heterocycles. The Morgan fingerprint density at radius 3 is 2.62 bits per heavy atom. The fraction of sp³-hybridized carbons (Fsp3) is 0.409. The molecule has 0 unspecified atom stereocenters. The van der Waals surface area contributed by atoms with Gasteiger partial charge < -0.3 is 10.1 Å². The SMILES string of the molecule is CCCOc1ccccc1CCCNC(=O)[C@H](C)Sc1ccc(C)cc1. The third-order valence-corrected chi connectivity index (χ3v) is 5.17. The van der Waals surface area contributed by atoms with Gasteiger partial charge in [0.25, 0.3) is 0 Å². The van der Waals surface area contributed by atoms with Crippen LogP contribution in [0.3, 0.4) is 0 Å². The van der Waals surface area contributed by atoms with Gasteiger partial charge in [0.15, 0.2) is 0 Å². The summed E-state index contributed by atoms with van der Waals surface area (Å²) in [6.45, 7) is 7.54. The molecule has 0 spiro atoms. The minimum atomic E-state index is -0.0992. The molecule has 1 amide bonds. The molecule has 0 heterocycles. The number of ether oxygens (including phenoxy) is 1. The number of carbonyl (C=O) groups is 1. The minimum absolute atomic E-state index is 0.0890. The van der Waals surface area contributed by atoms with Crippen LogP contribution in [0.2, 0.25) is 0 Å². The largest absolute Gasteiger partial charge is 0.493 e. The Labute approximate surface area is 161 Å². The Morgan fingerprint density at radius 2 is 1.88 bits per heavy atom. The van der Waals surface area contributed by atoms with Crippen molar-refractivity contribution in [1.29, 1.82) is 0 Å². The first-order valence-corrected chi connectivity index (χ1v) is 10.2. The van der Waals surface area contributed by atoms with E-state index in [0.717, 1.165) is 36.5 Å². The lowest BCUT2D eigenvalue weighted by Gasteiger charge is -2.13. The number of benzene rings is 2. The number of hydrogen-bond donors (Lipinski definition) is 1. The average molecular weight is 372 g/mol. The predicted molar refractivity (Wildman–Crippen MR) is 110 cm³/mol. The van der Waals surface area contributed by atoms with Crippen molar-refractivity contribution in [3.8, 4) is 5.75 Å². The van der Waals surface area contributed by atoms with E-state index in [-0.39, 0.29) is 11.2 Å². The van der Waals surface area contributed by atoms with Gasteiger partial charge in [-0.2, -0.15) is 0 Å². The number of aryl methyl sites for hydroxylation is 2. The van der Waals surface area contributed by atoms with E-state index in [9.17, 15) is 4.79 Å². The lowest BCUT2D eigenvalue weighted by molar-refractivity contribution is -0.120. The van der Waals surface area contributed by atoms with E-state index in [4.69, 9.17) is 4.74 Å². The van der Waals surface area contributed by atoms with Crippen molar-refractivity contribution in [3.05, 3.63) is 59.7 Å². The maximum atomic E-state index is 12.3. The molecule has 0 bridgehead atoms. The third-order valence-electron chi connectivity index (χ3n) is 4.06. The van der Waals surface area contributed by atoms with Gasteiger partial charge in [0.1, 0.15) is 5.75 Å². The van der Waals surface area contributed by atoms with E-state index in [2.05, 4.69) is 49.5 Å². The maximum Gasteiger partial charge on any atom is 0.233 e. The minimum Gasteiger partial charge on any atom is -0.493 e. The fourth-order valence-electron chi connectivity index (χ4n) is 2.57. The van der Waals surface area contributed by atoms with E-state index in [0.29, 0.717) is 6.54 Å². The molecule has 0 radical (unpaired) electrons. The standard InChI is InChI=1S/C22H29NO2S/c1-4-16-25-21-10-6-5-8-19(21)9-7-15-23-22(24)18(3)26-20-13-11-17(2)12-14-20/h5-6,8,10-14,18H,4,7,9,15-16H2,1-3H3,(H,23,24)/t18-/m0/s1. The molecule has 4 heteroatoms. The third kappa shape index (κ3) is 6.75. The molecular formula is C22H29NO2S. The second-order valence-corrected chi connectivity index (χ2v) is 7.84. The van der Waals surface area contributed by atoms with Gasteiger partial charge in [0.05, 0.1) is 11.9 Å². The Bertz CT molecular complexity index is 685. The quantitative estimate of drug-likeness (QED) is 0.471. The van der Waals surface area contributed by atoms with Gasteiger partial charge in [-0.05, 0) is 56.9 Å². The second-order valence-electron chi connectivity index (χ2n) is 6.42. The topological polar surface area (TPSA) is 38.3 Å². The highest BCUT2D eigenvalue weighted by Crippen LogP contribution is 2.23. The zero-order valence-electron chi connectivity index (χ0n) is 16.0. The number of amides is 1. The van der Waals surface area contributed by atoms with Crippen LogP contribution >= 0.6 is 11.8 Å². The van der Waals surface area contributed by atoms with Crippen molar-refractivity contribution in [2.75, 3.05) is 13.2 Å². The van der Waals surface area contributed by atoms with Crippen LogP contribution in [0.1, 0.15) is 37.8 Å². The number of nitrogens with one attached hydrogen (secondary N) is 1. The molecule has 0 aromatic heterocycles. The van der Waals surface area contributed by atoms with Crippen molar-refractivity contribution >= 4 is 17.7 Å². The average Bonchev–Trinajstić information content (AvgIpc) is 2.66. The monoisotopic (exact) mass is 371 g/mol. The highest BCUT2D eigenvalue weighted by molar-refractivity contribution is 8.00. The molecule has 140 valence electrons. The molecule has 2 rings (SSSR count). The molecule has 0 saturated carbocycles. The van der Waals surface area contributed by atoms with Crippen LogP contribution in [0.4, 0.5) is 0 Å². The fourth-order valence-corrected chi connectivity index (χ4v) is 3.46. The van der Waals surface area contributed by atoms with E-state index >= 15 is 0 Å². The zero-order chi connectivity index (χ0) is 18.8. The van der Waals surface area contributed by atoms with Crippen LogP contribution in [-0.2, 0) is 11.2 Å². The molecule has 1 atom stereocenters. The summed E-state index contributed by atoms with van der Waals surface area (Å²) >= 11 is 1.59. The Morgan fingerprint density at radius 1 is 1.15 bits per heavy atom. The summed E-state index contributed by atoms with van der Waals surface area (Å²) in [6, 6.07) is 16.4. The van der Waals surface area contributed by atoms with Gasteiger partial charge in [-0.3, -0.25) is 4.79 Å². The molecule has 0 aliphatic carbocycles. The van der Waals surface area contributed by atoms with Crippen molar-refractivity contribution in [3.63, 3.8) is 0 Å². The van der Waals surface area contributed by atoms with Gasteiger partial charge in [-0.25, -0.2) is 0 Å². The van der Waals surface area contributed by atoms with Crippen molar-refractivity contribution in [2.45, 2.75) is 50.2 Å². The lowest BCUT2D eigenvalue weighted by Crippen LogP contribution is -2.31. The lowest BCUT2D eigenvalue weighted by atomic mass is 10.1. The summed E-state index contributed by atoms with van der Waals surface area (Å²) in [4.78, 5) is 13.4. The molecule has 0 aliphatic rings. The summed E-state index contributed by atoms with van der Waals surface area (Å²) in [5.74, 6) is 1.05. The highest BCUT2D eigenvalue weighted by atomic mass is 32.2. The molecule has 0 fully saturated rings. The van der Waals surface area contributed by atoms with E-state index in [1.165, 1.54) is 11.1 Å². The van der Waals surface area contributed by atoms with E-state index < -0.39 is 0 Å². The van der Waals surface area contributed by atoms with Gasteiger partial charge >= 0.3 is 0 Å². The first kappa shape index (κ1) is 20.4. The van der Waals surface area contributed by atoms with Gasteiger partial charge in [0, 0.05) is 11.4 Å². The molecule has 2 aromatic carbocycles. The van der Waals surface area contributed by atoms with Crippen LogP contribution in [0.5, 0.6) is 5.75 Å². The van der Waals surface area contributed by atoms with Crippen molar-refractivity contribution in [2.24, 2.45) is 0 Å². The molecule has 1 N–H and O–H groups in total. The second kappa shape index (κ2) is 10.9. The number of thioether (sulfide) groups is 1. The van der Waals surface area contributed by atoms with Crippen LogP contribution in [-0.4, -0.2) is 24.3 Å². The predicted octanol–water partition coefficient (Wildman–Crippen LogP) is 5.01. The van der Waals surface area contributed by atoms with E-state index in [1.807, 2.05) is 25.1 Å². The normalized spacial score (nSPS) is 11.8. The number of para-hydroxylation sites is 1. The number of carbonyl (C=O) groups excluding carboxylic acids is 1. The number of rotatable bonds is 10. The number of hydrogen-bond acceptors (Lipinski definition) is 3. The summed E-state index contributed by atoms with van der Waals surface area (Å²) in [5.41, 5.74) is 2.44. The zero-order valence-corrected chi connectivity index (χ0v) is 16.8. The van der Waals surface area contributed by atoms with Gasteiger partial charge in [-0.15, -0.1) is 11.8 Å². The Hall–Kier alpha value is -1.94. The summed E-state index contributed by atoms with van der Waals surface area (Å²) in [6.07, 6.45) is 2.81. The maximum absolute atomic E-state index is 12.3. The molecule has 26 heavy (non-hydrogen) atoms. The van der Waals surface area contributed by atoms with Crippen LogP contribution in [0.15, 0.2) is 53.4 Å². The smallest absolute Gasteiger partial charge is 0.233 e. The molecular weight excluding hydrogens is 342 g/mol. The first-order valence-electron chi connectivity index (χ1n) is 9.32. The molecule has 2 aromatic rings. The Balaban J connectivity index is 1.73. The highest BCUT2D eigenvalue weighted by Gasteiger charge is 2.13. The molecule has 3 nitrogen and oxygen atoms in total. The van der Waals surface area contributed by atoms with Crippen LogP contribution < -0.4 is 10.1 Å². The summed E-state index contributed by atoms with van der Waals surface area (Å²) in [7, 11) is 0. The summed E-state index contributed by atoms with van der Waals surface area (Å²) < 4.78 is 5.79. The van der Waals surface area contributed by atoms with Gasteiger partial charge in [-0.1, -0.05) is 42.8 Å². The summed E-state index contributed by atoms with van der Waals surface area (Å²) in [5, 5.41) is 2.95. The van der Waals surface area contributed by atoms with Gasteiger partial charge in [0.2, 0.25) is 5.91 Å². The Kier molecular flexibility index (Phi) is 8.56. The van der Waals surface area contributed by atoms with Crippen LogP contribution in [0.25, 0.3) is 0 Å². The first-order chi connectivity index (χ1) is 12.6. The van der Waals surface area contributed by atoms with Crippen molar-refractivity contribution < 1.29 is 9.53 Å². The van der Waals surface area contributed by atoms with Crippen LogP contribution in [0, 0.1) is 6.92 Å².